The van der Waals surface area contributed by atoms with Gasteiger partial charge in [0, 0.05) is 15.5 Å². The van der Waals surface area contributed by atoms with Gasteiger partial charge in [0.25, 0.3) is 0 Å². The first kappa shape index (κ1) is 16.1. The maximum Gasteiger partial charge on any atom is 0.353 e. The van der Waals surface area contributed by atoms with Crippen LogP contribution in [0, 0.1) is 13.7 Å². The van der Waals surface area contributed by atoms with Crippen molar-refractivity contribution in [2.24, 2.45) is 0 Å². The molecule has 2 heterocycles. The molecule has 0 saturated heterocycles. The third-order valence-electron chi connectivity index (χ3n) is 3.04. The molecule has 24 heavy (non-hydrogen) atoms. The predicted molar refractivity (Wildman–Crippen MR) is 98.6 cm³/mol. The van der Waals surface area contributed by atoms with Crippen LogP contribution in [-0.2, 0) is 0 Å². The number of nitro groups is 1. The van der Waals surface area contributed by atoms with Crippen molar-refractivity contribution in [2.75, 3.05) is 10.6 Å². The van der Waals surface area contributed by atoms with E-state index in [9.17, 15) is 10.1 Å². The Balaban J connectivity index is 1.96. The molecule has 0 fully saturated rings. The molecule has 0 aliphatic carbocycles. The van der Waals surface area contributed by atoms with E-state index in [-0.39, 0.29) is 17.3 Å². The van der Waals surface area contributed by atoms with Crippen LogP contribution in [-0.4, -0.2) is 19.9 Å². The first-order valence-electron chi connectivity index (χ1n) is 6.82. The molecule has 3 aromatic rings. The first-order valence-corrected chi connectivity index (χ1v) is 7.90. The summed E-state index contributed by atoms with van der Waals surface area (Å²) in [5, 5.41) is 17.4. The third kappa shape index (κ3) is 3.74. The van der Waals surface area contributed by atoms with Crippen LogP contribution in [0.4, 0.5) is 28.7 Å². The molecule has 2 aromatic heterocycles. The summed E-state index contributed by atoms with van der Waals surface area (Å²) in [6.07, 6.45) is 4.43. The van der Waals surface area contributed by atoms with E-state index in [0.717, 1.165) is 3.57 Å². The summed E-state index contributed by atoms with van der Waals surface area (Å²) in [4.78, 5) is 22.9. The monoisotopic (exact) mass is 434 g/mol. The lowest BCUT2D eigenvalue weighted by Crippen LogP contribution is -2.05. The summed E-state index contributed by atoms with van der Waals surface area (Å²) < 4.78 is 1.06. The van der Waals surface area contributed by atoms with Crippen LogP contribution in [0.1, 0.15) is 0 Å². The highest BCUT2D eigenvalue weighted by molar-refractivity contribution is 14.1. The van der Waals surface area contributed by atoms with Crippen molar-refractivity contribution in [3.63, 3.8) is 0 Å². The Bertz CT molecular complexity index is 858. The van der Waals surface area contributed by atoms with Gasteiger partial charge >= 0.3 is 5.69 Å². The van der Waals surface area contributed by atoms with Gasteiger partial charge in [-0.1, -0.05) is 0 Å². The molecule has 120 valence electrons. The van der Waals surface area contributed by atoms with E-state index in [1.54, 1.807) is 24.5 Å². The minimum Gasteiger partial charge on any atom is -0.334 e. The lowest BCUT2D eigenvalue weighted by atomic mass is 10.3. The molecule has 0 aliphatic rings. The standard InChI is InChI=1S/C15H11IN6O2/c16-10-3-5-11(6-4-10)20-14-13(22(23)24)15(19-9-18-14)21-12-2-1-7-17-8-12/h1-9H,(H2,18,19,20,21). The normalized spacial score (nSPS) is 10.2. The molecular weight excluding hydrogens is 423 g/mol. The molecule has 0 unspecified atom stereocenters. The van der Waals surface area contributed by atoms with Crippen LogP contribution in [0.2, 0.25) is 0 Å². The Kier molecular flexibility index (Phi) is 4.79. The Hall–Kier alpha value is -2.82. The van der Waals surface area contributed by atoms with Gasteiger partial charge in [-0.15, -0.1) is 0 Å². The van der Waals surface area contributed by atoms with Crippen LogP contribution in [0.25, 0.3) is 0 Å². The number of halogens is 1. The molecular formula is C15H11IN6O2. The van der Waals surface area contributed by atoms with E-state index >= 15 is 0 Å². The maximum atomic E-state index is 11.5. The number of hydrogen-bond acceptors (Lipinski definition) is 7. The van der Waals surface area contributed by atoms with Crippen molar-refractivity contribution in [1.29, 1.82) is 0 Å². The summed E-state index contributed by atoms with van der Waals surface area (Å²) >= 11 is 2.19. The van der Waals surface area contributed by atoms with Gasteiger partial charge in [-0.05, 0) is 59.0 Å². The van der Waals surface area contributed by atoms with Gasteiger partial charge in [-0.3, -0.25) is 15.1 Å². The summed E-state index contributed by atoms with van der Waals surface area (Å²) in [5.74, 6) is 0.207. The summed E-state index contributed by atoms with van der Waals surface area (Å²) in [5.41, 5.74) is 1.06. The van der Waals surface area contributed by atoms with E-state index in [4.69, 9.17) is 0 Å². The van der Waals surface area contributed by atoms with Crippen LogP contribution in [0.5, 0.6) is 0 Å². The fourth-order valence-electron chi connectivity index (χ4n) is 1.98. The van der Waals surface area contributed by atoms with Gasteiger partial charge in [0.2, 0.25) is 11.6 Å². The van der Waals surface area contributed by atoms with Gasteiger partial charge in [0.15, 0.2) is 0 Å². The molecule has 0 spiro atoms. The second-order valence-corrected chi connectivity index (χ2v) is 5.92. The SMILES string of the molecule is O=[N+]([O-])c1c(Nc2ccc(I)cc2)ncnc1Nc1cccnc1. The molecule has 2 N–H and O–H groups in total. The predicted octanol–water partition coefficient (Wildman–Crippen LogP) is 3.87. The van der Waals surface area contributed by atoms with Crippen molar-refractivity contribution in [1.82, 2.24) is 15.0 Å². The van der Waals surface area contributed by atoms with E-state index in [1.807, 2.05) is 24.3 Å². The largest absolute Gasteiger partial charge is 0.353 e. The number of rotatable bonds is 5. The number of nitrogens with zero attached hydrogens (tertiary/aromatic N) is 4. The maximum absolute atomic E-state index is 11.5. The lowest BCUT2D eigenvalue weighted by molar-refractivity contribution is -0.383. The number of hydrogen-bond donors (Lipinski definition) is 2. The molecule has 1 aromatic carbocycles. The molecule has 8 nitrogen and oxygen atoms in total. The van der Waals surface area contributed by atoms with Gasteiger partial charge < -0.3 is 10.6 Å². The zero-order valence-corrected chi connectivity index (χ0v) is 14.3. The number of aromatic nitrogens is 3. The minimum atomic E-state index is -0.520. The van der Waals surface area contributed by atoms with Gasteiger partial charge in [0.1, 0.15) is 6.33 Å². The number of benzene rings is 1. The summed E-state index contributed by atoms with van der Waals surface area (Å²) in [7, 11) is 0. The molecule has 0 aliphatic heterocycles. The average molecular weight is 434 g/mol. The van der Waals surface area contributed by atoms with Gasteiger partial charge in [0.05, 0.1) is 16.8 Å². The van der Waals surface area contributed by atoms with Crippen LogP contribution >= 0.6 is 22.6 Å². The van der Waals surface area contributed by atoms with Crippen LogP contribution in [0.15, 0.2) is 55.1 Å². The molecule has 9 heteroatoms. The van der Waals surface area contributed by atoms with Crippen molar-refractivity contribution < 1.29 is 4.92 Å². The topological polar surface area (TPSA) is 106 Å². The Labute approximate surface area is 150 Å². The molecule has 0 saturated carbocycles. The average Bonchev–Trinajstić information content (AvgIpc) is 2.58. The van der Waals surface area contributed by atoms with Crippen molar-refractivity contribution >= 4 is 51.3 Å². The second kappa shape index (κ2) is 7.17. The highest BCUT2D eigenvalue weighted by Crippen LogP contribution is 2.32. The zero-order chi connectivity index (χ0) is 16.9. The number of anilines is 4. The summed E-state index contributed by atoms with van der Waals surface area (Å²) in [6.45, 7) is 0. The Morgan fingerprint density at radius 1 is 1.00 bits per heavy atom. The quantitative estimate of drug-likeness (QED) is 0.357. The second-order valence-electron chi connectivity index (χ2n) is 4.68. The van der Waals surface area contributed by atoms with E-state index in [0.29, 0.717) is 11.4 Å². The third-order valence-corrected chi connectivity index (χ3v) is 3.76. The summed E-state index contributed by atoms with van der Waals surface area (Å²) in [6, 6.07) is 10.9. The zero-order valence-electron chi connectivity index (χ0n) is 12.2. The van der Waals surface area contributed by atoms with E-state index < -0.39 is 4.92 Å². The van der Waals surface area contributed by atoms with Crippen molar-refractivity contribution in [3.05, 3.63) is 68.8 Å². The fraction of sp³-hybridized carbons (Fsp3) is 0. The van der Waals surface area contributed by atoms with Crippen molar-refractivity contribution in [3.8, 4) is 0 Å². The number of pyridine rings is 1. The lowest BCUT2D eigenvalue weighted by Gasteiger charge is -2.10. The van der Waals surface area contributed by atoms with Crippen LogP contribution in [0.3, 0.4) is 0 Å². The van der Waals surface area contributed by atoms with E-state index in [1.165, 1.54) is 6.33 Å². The van der Waals surface area contributed by atoms with Gasteiger partial charge in [-0.2, -0.15) is 0 Å². The molecule has 0 bridgehead atoms. The highest BCUT2D eigenvalue weighted by Gasteiger charge is 2.23. The smallest absolute Gasteiger partial charge is 0.334 e. The van der Waals surface area contributed by atoms with Crippen LogP contribution < -0.4 is 10.6 Å². The molecule has 3 rings (SSSR count). The Morgan fingerprint density at radius 3 is 2.25 bits per heavy atom. The molecule has 0 atom stereocenters. The highest BCUT2D eigenvalue weighted by atomic mass is 127. The van der Waals surface area contributed by atoms with Crippen molar-refractivity contribution in [2.45, 2.75) is 0 Å². The fourth-order valence-corrected chi connectivity index (χ4v) is 2.34. The van der Waals surface area contributed by atoms with Gasteiger partial charge in [-0.25, -0.2) is 9.97 Å². The van der Waals surface area contributed by atoms with E-state index in [2.05, 4.69) is 48.2 Å². The Morgan fingerprint density at radius 2 is 1.67 bits per heavy atom. The first-order chi connectivity index (χ1) is 11.6. The molecule has 0 amide bonds. The number of nitrogens with one attached hydrogen (secondary N) is 2. The molecule has 0 radical (unpaired) electrons. The minimum absolute atomic E-state index is 0.0935.